The summed E-state index contributed by atoms with van der Waals surface area (Å²) in [5.41, 5.74) is 6.34. The second kappa shape index (κ2) is 9.44. The number of hydrogen-bond donors (Lipinski definition) is 3. The first-order valence-electron chi connectivity index (χ1n) is 7.18. The van der Waals surface area contributed by atoms with E-state index in [1.54, 1.807) is 18.2 Å². The minimum absolute atomic E-state index is 0. The van der Waals surface area contributed by atoms with Crippen molar-refractivity contribution in [3.8, 4) is 0 Å². The van der Waals surface area contributed by atoms with Crippen LogP contribution < -0.4 is 16.4 Å². The Hall–Kier alpha value is -1.58. The minimum atomic E-state index is -0.399. The monoisotopic (exact) mass is 419 g/mol. The van der Waals surface area contributed by atoms with Gasteiger partial charge in [-0.2, -0.15) is 0 Å². The van der Waals surface area contributed by atoms with Crippen LogP contribution in [0.4, 0.5) is 11.4 Å². The van der Waals surface area contributed by atoms with Crippen LogP contribution in [0.15, 0.2) is 29.3 Å². The quantitative estimate of drug-likeness (QED) is 0.157. The molecule has 1 aliphatic rings. The molecule has 0 bridgehead atoms. The molecule has 0 spiro atoms. The van der Waals surface area contributed by atoms with E-state index in [-0.39, 0.29) is 29.7 Å². The van der Waals surface area contributed by atoms with Crippen molar-refractivity contribution in [2.45, 2.75) is 19.3 Å². The van der Waals surface area contributed by atoms with E-state index < -0.39 is 4.92 Å². The molecule has 0 unspecified atom stereocenters. The highest BCUT2D eigenvalue weighted by atomic mass is 127. The zero-order valence-electron chi connectivity index (χ0n) is 12.3. The Morgan fingerprint density at radius 1 is 1.36 bits per heavy atom. The molecule has 0 aliphatic heterocycles. The molecule has 1 aliphatic carbocycles. The molecule has 2 rings (SSSR count). The summed E-state index contributed by atoms with van der Waals surface area (Å²) in [7, 11) is 0. The number of nitro benzene ring substituents is 1. The lowest BCUT2D eigenvalue weighted by Crippen LogP contribution is -2.35. The van der Waals surface area contributed by atoms with Gasteiger partial charge in [-0.3, -0.25) is 15.1 Å². The number of para-hydroxylation sites is 2. The predicted molar refractivity (Wildman–Crippen MR) is 98.8 cm³/mol. The Morgan fingerprint density at radius 2 is 2.09 bits per heavy atom. The van der Waals surface area contributed by atoms with Gasteiger partial charge in [0, 0.05) is 25.7 Å². The molecule has 0 atom stereocenters. The topological polar surface area (TPSA) is 106 Å². The van der Waals surface area contributed by atoms with Gasteiger partial charge in [0.2, 0.25) is 0 Å². The number of hydrogen-bond acceptors (Lipinski definition) is 4. The van der Waals surface area contributed by atoms with Crippen molar-refractivity contribution in [3.05, 3.63) is 34.4 Å². The lowest BCUT2D eigenvalue weighted by molar-refractivity contribution is -0.384. The van der Waals surface area contributed by atoms with Gasteiger partial charge in [-0.05, 0) is 24.8 Å². The lowest BCUT2D eigenvalue weighted by Gasteiger charge is -2.23. The first-order valence-corrected chi connectivity index (χ1v) is 7.18. The van der Waals surface area contributed by atoms with E-state index in [4.69, 9.17) is 5.73 Å². The number of aliphatic imine (C=N–C) groups is 1. The highest BCUT2D eigenvalue weighted by molar-refractivity contribution is 14.0. The van der Waals surface area contributed by atoms with E-state index in [1.165, 1.54) is 25.3 Å². The van der Waals surface area contributed by atoms with Crippen LogP contribution >= 0.6 is 24.0 Å². The molecule has 0 saturated heterocycles. The van der Waals surface area contributed by atoms with E-state index in [1.807, 2.05) is 0 Å². The van der Waals surface area contributed by atoms with Gasteiger partial charge in [-0.15, -0.1) is 24.0 Å². The highest BCUT2D eigenvalue weighted by Gasteiger charge is 2.16. The van der Waals surface area contributed by atoms with Crippen molar-refractivity contribution >= 4 is 41.3 Å². The normalized spacial score (nSPS) is 14.6. The molecule has 0 aromatic heterocycles. The fourth-order valence-electron chi connectivity index (χ4n) is 2.13. The van der Waals surface area contributed by atoms with E-state index >= 15 is 0 Å². The fourth-order valence-corrected chi connectivity index (χ4v) is 2.13. The van der Waals surface area contributed by atoms with Crippen LogP contribution in [0.2, 0.25) is 0 Å². The molecule has 7 nitrogen and oxygen atoms in total. The summed E-state index contributed by atoms with van der Waals surface area (Å²) in [5, 5.41) is 16.9. The molecule has 0 radical (unpaired) electrons. The van der Waals surface area contributed by atoms with Crippen LogP contribution in [0.25, 0.3) is 0 Å². The van der Waals surface area contributed by atoms with Crippen LogP contribution in [0, 0.1) is 16.0 Å². The van der Waals surface area contributed by atoms with Crippen molar-refractivity contribution in [2.75, 3.05) is 25.0 Å². The summed E-state index contributed by atoms with van der Waals surface area (Å²) in [5.74, 6) is 1.13. The third kappa shape index (κ3) is 5.66. The van der Waals surface area contributed by atoms with E-state index in [0.29, 0.717) is 30.7 Å². The third-order valence-corrected chi connectivity index (χ3v) is 3.59. The van der Waals surface area contributed by atoms with E-state index in [2.05, 4.69) is 15.6 Å². The van der Waals surface area contributed by atoms with Crippen molar-refractivity contribution in [1.29, 1.82) is 0 Å². The van der Waals surface area contributed by atoms with Gasteiger partial charge in [-0.25, -0.2) is 0 Å². The van der Waals surface area contributed by atoms with E-state index in [0.717, 1.165) is 6.54 Å². The lowest BCUT2D eigenvalue weighted by atomic mass is 9.86. The predicted octanol–water partition coefficient (Wildman–Crippen LogP) is 2.33. The van der Waals surface area contributed by atoms with Crippen molar-refractivity contribution in [3.63, 3.8) is 0 Å². The maximum Gasteiger partial charge on any atom is 0.292 e. The van der Waals surface area contributed by atoms with Gasteiger partial charge in [-0.1, -0.05) is 18.6 Å². The number of nitrogens with one attached hydrogen (secondary N) is 2. The van der Waals surface area contributed by atoms with Crippen LogP contribution in [-0.2, 0) is 0 Å². The van der Waals surface area contributed by atoms with Crippen molar-refractivity contribution in [2.24, 2.45) is 16.6 Å². The number of nitro groups is 1. The molecule has 1 aromatic carbocycles. The molecule has 8 heteroatoms. The molecule has 0 amide bonds. The average Bonchev–Trinajstić information content (AvgIpc) is 2.42. The molecule has 1 aromatic rings. The van der Waals surface area contributed by atoms with Gasteiger partial charge in [0.25, 0.3) is 5.69 Å². The Bertz CT molecular complexity index is 520. The van der Waals surface area contributed by atoms with Crippen molar-refractivity contribution < 1.29 is 4.92 Å². The number of rotatable bonds is 7. The Labute approximate surface area is 146 Å². The summed E-state index contributed by atoms with van der Waals surface area (Å²) in [6.07, 6.45) is 3.79. The highest BCUT2D eigenvalue weighted by Crippen LogP contribution is 2.26. The molecule has 122 valence electrons. The van der Waals surface area contributed by atoms with Gasteiger partial charge in [0.1, 0.15) is 5.69 Å². The maximum atomic E-state index is 10.9. The minimum Gasteiger partial charge on any atom is -0.378 e. The molecular weight excluding hydrogens is 397 g/mol. The second-order valence-electron chi connectivity index (χ2n) is 5.15. The first kappa shape index (κ1) is 18.5. The van der Waals surface area contributed by atoms with Gasteiger partial charge >= 0.3 is 0 Å². The Balaban J connectivity index is 0.00000242. The average molecular weight is 419 g/mol. The zero-order chi connectivity index (χ0) is 15.1. The van der Waals surface area contributed by atoms with Crippen LogP contribution in [0.5, 0.6) is 0 Å². The molecule has 0 heterocycles. The van der Waals surface area contributed by atoms with Gasteiger partial charge in [0.05, 0.1) is 4.92 Å². The summed E-state index contributed by atoms with van der Waals surface area (Å²) in [4.78, 5) is 14.7. The summed E-state index contributed by atoms with van der Waals surface area (Å²) in [6, 6.07) is 6.57. The molecule has 1 saturated carbocycles. The largest absolute Gasteiger partial charge is 0.378 e. The fraction of sp³-hybridized carbons (Fsp3) is 0.500. The Kier molecular flexibility index (Phi) is 7.92. The molecule has 1 fully saturated rings. The molecule has 22 heavy (non-hydrogen) atoms. The van der Waals surface area contributed by atoms with E-state index in [9.17, 15) is 10.1 Å². The standard InChI is InChI=1S/C14H21N5O2.HI/c15-14(18-10-11-4-3-5-11)17-9-8-16-12-6-1-2-7-13(12)19(20)21;/h1-2,6-7,11,16H,3-5,8-10H2,(H3,15,17,18);1H. The molecular formula is C14H22IN5O2. The van der Waals surface area contributed by atoms with Crippen molar-refractivity contribution in [1.82, 2.24) is 5.32 Å². The van der Waals surface area contributed by atoms with Gasteiger partial charge < -0.3 is 16.4 Å². The summed E-state index contributed by atoms with van der Waals surface area (Å²) < 4.78 is 0. The van der Waals surface area contributed by atoms with Crippen LogP contribution in [-0.4, -0.2) is 30.5 Å². The SMILES string of the molecule is I.NC(=NCC1CCC1)NCCNc1ccccc1[N+](=O)[O-]. The number of nitrogens with zero attached hydrogens (tertiary/aromatic N) is 2. The molecule has 4 N–H and O–H groups in total. The number of nitrogens with two attached hydrogens (primary N) is 1. The summed E-state index contributed by atoms with van der Waals surface area (Å²) >= 11 is 0. The second-order valence-corrected chi connectivity index (χ2v) is 5.15. The number of benzene rings is 1. The van der Waals surface area contributed by atoms with Gasteiger partial charge in [0.15, 0.2) is 5.96 Å². The third-order valence-electron chi connectivity index (χ3n) is 3.59. The smallest absolute Gasteiger partial charge is 0.292 e. The van der Waals surface area contributed by atoms with Crippen LogP contribution in [0.1, 0.15) is 19.3 Å². The van der Waals surface area contributed by atoms with Crippen LogP contribution in [0.3, 0.4) is 0 Å². The summed E-state index contributed by atoms with van der Waals surface area (Å²) in [6.45, 7) is 1.88. The first-order chi connectivity index (χ1) is 10.2. The number of anilines is 1. The number of guanidine groups is 1. The number of halogens is 1. The zero-order valence-corrected chi connectivity index (χ0v) is 14.7. The Morgan fingerprint density at radius 3 is 2.73 bits per heavy atom. The maximum absolute atomic E-state index is 10.9.